The van der Waals surface area contributed by atoms with Crippen molar-refractivity contribution in [2.45, 2.75) is 19.9 Å². The van der Waals surface area contributed by atoms with Gasteiger partial charge in [0, 0.05) is 24.1 Å². The van der Waals surface area contributed by atoms with Crippen LogP contribution in [0.4, 0.5) is 0 Å². The molecule has 0 amide bonds. The molecule has 0 radical (unpaired) electrons. The van der Waals surface area contributed by atoms with Crippen LogP contribution in [0.2, 0.25) is 0 Å². The van der Waals surface area contributed by atoms with Crippen LogP contribution in [0.5, 0.6) is 0 Å². The van der Waals surface area contributed by atoms with Gasteiger partial charge in [-0.25, -0.2) is 0 Å². The fourth-order valence-electron chi connectivity index (χ4n) is 2.47. The Kier molecular flexibility index (Phi) is 3.03. The highest BCUT2D eigenvalue weighted by Gasteiger charge is 2.07. The minimum Gasteiger partial charge on any atom is -0.341 e. The lowest BCUT2D eigenvalue weighted by molar-refractivity contribution is 0.669. The molecule has 0 bridgehead atoms. The van der Waals surface area contributed by atoms with E-state index in [1.54, 1.807) is 0 Å². The fourth-order valence-corrected chi connectivity index (χ4v) is 2.47. The minimum absolute atomic E-state index is 0.698. The summed E-state index contributed by atoms with van der Waals surface area (Å²) in [5.41, 5.74) is 4.14. The molecule has 2 heterocycles. The second-order valence-corrected chi connectivity index (χ2v) is 4.93. The van der Waals surface area contributed by atoms with Crippen LogP contribution in [0.3, 0.4) is 0 Å². The summed E-state index contributed by atoms with van der Waals surface area (Å²) in [6.45, 7) is 2.90. The number of nitriles is 1. The Hall–Kier alpha value is -2.54. The first-order chi connectivity index (χ1) is 9.71. The van der Waals surface area contributed by atoms with Gasteiger partial charge in [-0.05, 0) is 36.8 Å². The van der Waals surface area contributed by atoms with Gasteiger partial charge in [-0.15, -0.1) is 0 Å². The lowest BCUT2D eigenvalue weighted by atomic mass is 10.2. The number of nitrogens with zero attached hydrogens (tertiary/aromatic N) is 4. The van der Waals surface area contributed by atoms with E-state index >= 15 is 0 Å². The number of benzene rings is 1. The highest BCUT2D eigenvalue weighted by Crippen LogP contribution is 2.19. The third-order valence-corrected chi connectivity index (χ3v) is 3.62. The molecular weight excluding hydrogens is 248 g/mol. The Balaban J connectivity index is 1.98. The molecular formula is C16H16N4. The number of fused-ring (bicyclic) bond motifs is 1. The van der Waals surface area contributed by atoms with E-state index in [-0.39, 0.29) is 0 Å². The maximum Gasteiger partial charge on any atom is 0.0991 e. The van der Waals surface area contributed by atoms with Crippen molar-refractivity contribution in [3.05, 3.63) is 53.5 Å². The standard InChI is InChI=1S/C16H16N4/c1-3-14-9-15(19(2)18-14)11-20-7-6-13-8-12(10-17)4-5-16(13)20/h4-9H,3,11H2,1-2H3. The summed E-state index contributed by atoms with van der Waals surface area (Å²) in [5, 5.41) is 14.5. The third kappa shape index (κ3) is 2.08. The molecule has 100 valence electrons. The first-order valence-electron chi connectivity index (χ1n) is 6.72. The number of aromatic nitrogens is 3. The maximum atomic E-state index is 8.94. The Bertz CT molecular complexity index is 802. The molecule has 0 spiro atoms. The monoisotopic (exact) mass is 264 g/mol. The van der Waals surface area contributed by atoms with Crippen LogP contribution in [0, 0.1) is 11.3 Å². The molecule has 0 aliphatic heterocycles. The summed E-state index contributed by atoms with van der Waals surface area (Å²) in [7, 11) is 1.98. The zero-order valence-electron chi connectivity index (χ0n) is 11.7. The van der Waals surface area contributed by atoms with Crippen molar-refractivity contribution in [2.75, 3.05) is 0 Å². The Labute approximate surface area is 117 Å². The fraction of sp³-hybridized carbons (Fsp3) is 0.250. The second-order valence-electron chi connectivity index (χ2n) is 4.93. The highest BCUT2D eigenvalue weighted by molar-refractivity contribution is 5.81. The highest BCUT2D eigenvalue weighted by atomic mass is 15.3. The van der Waals surface area contributed by atoms with E-state index in [9.17, 15) is 0 Å². The number of hydrogen-bond donors (Lipinski definition) is 0. The van der Waals surface area contributed by atoms with E-state index in [0.717, 1.165) is 29.6 Å². The van der Waals surface area contributed by atoms with Crippen molar-refractivity contribution >= 4 is 10.9 Å². The molecule has 0 N–H and O–H groups in total. The summed E-state index contributed by atoms with van der Waals surface area (Å²) in [6, 6.07) is 12.2. The first kappa shape index (κ1) is 12.5. The molecule has 3 aromatic rings. The van der Waals surface area contributed by atoms with E-state index in [1.165, 1.54) is 5.69 Å². The summed E-state index contributed by atoms with van der Waals surface area (Å²) >= 11 is 0. The predicted octanol–water partition coefficient (Wildman–Crippen LogP) is 2.86. The van der Waals surface area contributed by atoms with Crippen LogP contribution in [0.1, 0.15) is 23.9 Å². The molecule has 20 heavy (non-hydrogen) atoms. The average molecular weight is 264 g/mol. The zero-order chi connectivity index (χ0) is 14.1. The molecule has 0 unspecified atom stereocenters. The lowest BCUT2D eigenvalue weighted by Gasteiger charge is -2.05. The van der Waals surface area contributed by atoms with Gasteiger partial charge in [0.1, 0.15) is 0 Å². The molecule has 2 aromatic heterocycles. The molecule has 0 atom stereocenters. The Morgan fingerprint density at radius 1 is 1.25 bits per heavy atom. The van der Waals surface area contributed by atoms with E-state index < -0.39 is 0 Å². The van der Waals surface area contributed by atoms with Crippen molar-refractivity contribution in [1.29, 1.82) is 5.26 Å². The summed E-state index contributed by atoms with van der Waals surface area (Å²) in [6.07, 6.45) is 3.01. The number of hydrogen-bond acceptors (Lipinski definition) is 2. The van der Waals surface area contributed by atoms with Crippen LogP contribution in [-0.4, -0.2) is 14.3 Å². The van der Waals surface area contributed by atoms with Gasteiger partial charge in [-0.1, -0.05) is 6.92 Å². The first-order valence-corrected chi connectivity index (χ1v) is 6.72. The number of aryl methyl sites for hydroxylation is 2. The van der Waals surface area contributed by atoms with Crippen LogP contribution < -0.4 is 0 Å². The normalized spacial score (nSPS) is 10.8. The second kappa shape index (κ2) is 4.86. The van der Waals surface area contributed by atoms with Crippen molar-refractivity contribution in [3.63, 3.8) is 0 Å². The van der Waals surface area contributed by atoms with Crippen molar-refractivity contribution in [3.8, 4) is 6.07 Å². The molecule has 0 saturated carbocycles. The van der Waals surface area contributed by atoms with Gasteiger partial charge >= 0.3 is 0 Å². The van der Waals surface area contributed by atoms with Gasteiger partial charge in [-0.3, -0.25) is 4.68 Å². The van der Waals surface area contributed by atoms with Crippen LogP contribution in [0.25, 0.3) is 10.9 Å². The van der Waals surface area contributed by atoms with Crippen molar-refractivity contribution in [1.82, 2.24) is 14.3 Å². The van der Waals surface area contributed by atoms with Gasteiger partial charge in [0.15, 0.2) is 0 Å². The van der Waals surface area contributed by atoms with Gasteiger partial charge < -0.3 is 4.57 Å². The average Bonchev–Trinajstić information content (AvgIpc) is 3.03. The van der Waals surface area contributed by atoms with Gasteiger partial charge in [-0.2, -0.15) is 10.4 Å². The van der Waals surface area contributed by atoms with E-state index in [2.05, 4.69) is 34.9 Å². The van der Waals surface area contributed by atoms with Gasteiger partial charge in [0.2, 0.25) is 0 Å². The minimum atomic E-state index is 0.698. The SMILES string of the molecule is CCc1cc(Cn2ccc3cc(C#N)ccc32)n(C)n1. The van der Waals surface area contributed by atoms with E-state index in [0.29, 0.717) is 5.56 Å². The Morgan fingerprint density at radius 3 is 2.80 bits per heavy atom. The van der Waals surface area contributed by atoms with Gasteiger partial charge in [0.05, 0.1) is 29.6 Å². The predicted molar refractivity (Wildman–Crippen MR) is 78.3 cm³/mol. The van der Waals surface area contributed by atoms with E-state index in [1.807, 2.05) is 36.0 Å². The quantitative estimate of drug-likeness (QED) is 0.730. The molecule has 4 heteroatoms. The number of rotatable bonds is 3. The van der Waals surface area contributed by atoms with Gasteiger partial charge in [0.25, 0.3) is 0 Å². The third-order valence-electron chi connectivity index (χ3n) is 3.62. The molecule has 0 aliphatic rings. The van der Waals surface area contributed by atoms with Crippen LogP contribution in [0.15, 0.2) is 36.5 Å². The Morgan fingerprint density at radius 2 is 2.10 bits per heavy atom. The van der Waals surface area contributed by atoms with E-state index in [4.69, 9.17) is 5.26 Å². The summed E-state index contributed by atoms with van der Waals surface area (Å²) in [4.78, 5) is 0. The molecule has 4 nitrogen and oxygen atoms in total. The largest absolute Gasteiger partial charge is 0.341 e. The molecule has 1 aromatic carbocycles. The summed E-state index contributed by atoms with van der Waals surface area (Å²) < 4.78 is 4.13. The zero-order valence-corrected chi connectivity index (χ0v) is 11.7. The van der Waals surface area contributed by atoms with Crippen molar-refractivity contribution < 1.29 is 0 Å². The maximum absolute atomic E-state index is 8.94. The topological polar surface area (TPSA) is 46.5 Å². The summed E-state index contributed by atoms with van der Waals surface area (Å²) in [5.74, 6) is 0. The molecule has 0 aliphatic carbocycles. The van der Waals surface area contributed by atoms with Crippen LogP contribution in [-0.2, 0) is 20.0 Å². The van der Waals surface area contributed by atoms with Crippen LogP contribution >= 0.6 is 0 Å². The van der Waals surface area contributed by atoms with Crippen molar-refractivity contribution in [2.24, 2.45) is 7.05 Å². The molecule has 0 saturated heterocycles. The molecule has 0 fully saturated rings. The lowest BCUT2D eigenvalue weighted by Crippen LogP contribution is -2.04. The smallest absolute Gasteiger partial charge is 0.0991 e. The molecule has 3 rings (SSSR count).